The van der Waals surface area contributed by atoms with E-state index < -0.39 is 0 Å². The SMILES string of the molecule is C(=CC1CCC(N(C2CCCC(C3CCCCC3)C2)C2C3CCCCC3C(N(C3CCC(C=CC4CCCCC4)CC3)C3CCCC(C4CCCCC4)C3)C3CCCCC32)CC1)C1CCCCC1. The van der Waals surface area contributed by atoms with Crippen molar-refractivity contribution >= 4 is 0 Å². The Kier molecular flexibility index (Phi) is 18.0. The van der Waals surface area contributed by atoms with Gasteiger partial charge in [-0.1, -0.05) is 178 Å². The highest BCUT2D eigenvalue weighted by Gasteiger charge is 2.58. The maximum Gasteiger partial charge on any atom is 0.0164 e. The summed E-state index contributed by atoms with van der Waals surface area (Å²) >= 11 is 0. The Bertz CT molecular complexity index is 1380. The summed E-state index contributed by atoms with van der Waals surface area (Å²) in [6, 6.07) is 5.26. The second kappa shape index (κ2) is 24.6. The second-order valence-corrected chi connectivity index (χ2v) is 27.8. The molecule has 0 radical (unpaired) electrons. The quantitative estimate of drug-likeness (QED) is 0.180. The second-order valence-electron chi connectivity index (χ2n) is 27.8. The van der Waals surface area contributed by atoms with E-state index >= 15 is 0 Å². The van der Waals surface area contributed by atoms with Gasteiger partial charge in [0.2, 0.25) is 0 Å². The Hall–Kier alpha value is -0.600. The molecule has 2 nitrogen and oxygen atoms in total. The average molecular weight is 932 g/mol. The number of rotatable bonds is 12. The monoisotopic (exact) mass is 931 g/mol. The average Bonchev–Trinajstić information content (AvgIpc) is 3.42. The van der Waals surface area contributed by atoms with Gasteiger partial charge >= 0.3 is 0 Å². The van der Waals surface area contributed by atoms with E-state index in [0.717, 1.165) is 107 Å². The molecular weight excluding hydrogens is 821 g/mol. The highest BCUT2D eigenvalue weighted by Crippen LogP contribution is 2.58. The molecule has 68 heavy (non-hydrogen) atoms. The van der Waals surface area contributed by atoms with Crippen LogP contribution in [0.15, 0.2) is 24.3 Å². The van der Waals surface area contributed by atoms with E-state index in [1.54, 1.807) is 77.0 Å². The van der Waals surface area contributed by atoms with Crippen molar-refractivity contribution in [2.24, 2.45) is 71.0 Å². The molecule has 384 valence electrons. The molecule has 11 aliphatic carbocycles. The van der Waals surface area contributed by atoms with Crippen LogP contribution in [0.1, 0.15) is 283 Å². The maximum atomic E-state index is 3.59. The first-order valence-corrected chi connectivity index (χ1v) is 32.6. The van der Waals surface area contributed by atoms with Crippen LogP contribution in [0.2, 0.25) is 0 Å². The van der Waals surface area contributed by atoms with Gasteiger partial charge in [-0.3, -0.25) is 9.80 Å². The lowest BCUT2D eigenvalue weighted by atomic mass is 9.53. The summed E-state index contributed by atoms with van der Waals surface area (Å²) in [7, 11) is 0. The van der Waals surface area contributed by atoms with Crippen LogP contribution in [0, 0.1) is 71.0 Å². The van der Waals surface area contributed by atoms with Crippen molar-refractivity contribution in [3.63, 3.8) is 0 Å². The minimum atomic E-state index is 0.858. The Morgan fingerprint density at radius 3 is 0.824 bits per heavy atom. The van der Waals surface area contributed by atoms with Gasteiger partial charge in [0.1, 0.15) is 0 Å². The van der Waals surface area contributed by atoms with Crippen molar-refractivity contribution in [3.8, 4) is 0 Å². The number of hydrogen-bond acceptors (Lipinski definition) is 2. The van der Waals surface area contributed by atoms with Crippen LogP contribution in [0.3, 0.4) is 0 Å². The molecule has 0 aromatic carbocycles. The Balaban J connectivity index is 0.893. The minimum Gasteiger partial charge on any atom is -0.294 e. The fraction of sp³-hybridized carbons (Fsp3) is 0.939. The third kappa shape index (κ3) is 11.8. The van der Waals surface area contributed by atoms with Gasteiger partial charge in [0.15, 0.2) is 0 Å². The lowest BCUT2D eigenvalue weighted by molar-refractivity contribution is -0.151. The molecule has 11 fully saturated rings. The molecule has 11 aliphatic rings. The molecule has 2 heteroatoms. The van der Waals surface area contributed by atoms with Crippen LogP contribution in [-0.4, -0.2) is 46.1 Å². The molecule has 8 atom stereocenters. The molecule has 8 unspecified atom stereocenters. The molecule has 0 saturated heterocycles. The normalized spacial score (nSPS) is 42.7. The van der Waals surface area contributed by atoms with Gasteiger partial charge in [0.25, 0.3) is 0 Å². The van der Waals surface area contributed by atoms with Gasteiger partial charge in [-0.25, -0.2) is 0 Å². The number of allylic oxidation sites excluding steroid dienone is 4. The number of nitrogens with zero attached hydrogens (tertiary/aromatic N) is 2. The van der Waals surface area contributed by atoms with Crippen molar-refractivity contribution in [2.75, 3.05) is 0 Å². The molecule has 0 heterocycles. The van der Waals surface area contributed by atoms with Gasteiger partial charge < -0.3 is 0 Å². The van der Waals surface area contributed by atoms with Crippen molar-refractivity contribution in [3.05, 3.63) is 24.3 Å². The van der Waals surface area contributed by atoms with Crippen LogP contribution in [0.25, 0.3) is 0 Å². The largest absolute Gasteiger partial charge is 0.294 e. The van der Waals surface area contributed by atoms with Gasteiger partial charge in [-0.2, -0.15) is 0 Å². The Labute approximate surface area is 422 Å². The third-order valence-corrected chi connectivity index (χ3v) is 24.0. The molecule has 0 bridgehead atoms. The first-order chi connectivity index (χ1) is 33.7. The highest BCUT2D eigenvalue weighted by molar-refractivity contribution is 5.12. The zero-order valence-corrected chi connectivity index (χ0v) is 44.7. The van der Waals surface area contributed by atoms with Crippen molar-refractivity contribution in [1.82, 2.24) is 9.80 Å². The van der Waals surface area contributed by atoms with Crippen LogP contribution < -0.4 is 0 Å². The van der Waals surface area contributed by atoms with E-state index in [-0.39, 0.29) is 0 Å². The van der Waals surface area contributed by atoms with E-state index in [2.05, 4.69) is 34.1 Å². The third-order valence-electron chi connectivity index (χ3n) is 24.0. The van der Waals surface area contributed by atoms with E-state index in [4.69, 9.17) is 0 Å². The fourth-order valence-corrected chi connectivity index (χ4v) is 20.6. The lowest BCUT2D eigenvalue weighted by Crippen LogP contribution is -2.69. The summed E-state index contributed by atoms with van der Waals surface area (Å²) in [5.74, 6) is 11.5. The lowest BCUT2D eigenvalue weighted by Gasteiger charge is -2.65. The molecule has 11 saturated carbocycles. The van der Waals surface area contributed by atoms with Crippen LogP contribution >= 0.6 is 0 Å². The van der Waals surface area contributed by atoms with E-state index in [9.17, 15) is 0 Å². The number of fused-ring (bicyclic) bond motifs is 2. The summed E-state index contributed by atoms with van der Waals surface area (Å²) < 4.78 is 0. The van der Waals surface area contributed by atoms with Crippen LogP contribution in [0.5, 0.6) is 0 Å². The van der Waals surface area contributed by atoms with E-state index in [1.807, 2.05) is 0 Å². The van der Waals surface area contributed by atoms with Gasteiger partial charge in [0, 0.05) is 36.3 Å². The van der Waals surface area contributed by atoms with E-state index in [0.29, 0.717) is 0 Å². The molecule has 0 aromatic heterocycles. The molecule has 0 spiro atoms. The zero-order chi connectivity index (χ0) is 45.5. The molecule has 0 amide bonds. The van der Waals surface area contributed by atoms with E-state index in [1.165, 1.54) is 205 Å². The first kappa shape index (κ1) is 49.6. The Morgan fingerprint density at radius 1 is 0.206 bits per heavy atom. The summed E-state index contributed by atoms with van der Waals surface area (Å²) in [5.41, 5.74) is 0. The molecule has 0 N–H and O–H groups in total. The molecule has 0 aliphatic heterocycles. The standard InChI is InChI=1S/C66H110N2/c1-5-19-49(20-6-1)35-37-51-39-43-57(44-40-51)67(59-29-17-27-55(47-59)53-23-9-3-10-24-53)65-61-31-13-15-33-63(61)66(64-34-16-14-32-62(64)65)68(60-30-18-28-56(48-60)54-25-11-4-12-26-54)58-45-41-52(42-46-58)38-36-50-21-7-2-8-22-50/h35-38,49-66H,1-34,39-48H2. The highest BCUT2D eigenvalue weighted by atomic mass is 15.3. The van der Waals surface area contributed by atoms with Crippen LogP contribution in [0.4, 0.5) is 0 Å². The van der Waals surface area contributed by atoms with Crippen molar-refractivity contribution in [1.29, 1.82) is 0 Å². The minimum absolute atomic E-state index is 0.858. The summed E-state index contributed by atoms with van der Waals surface area (Å²) in [5, 5.41) is 0. The van der Waals surface area contributed by atoms with Crippen molar-refractivity contribution < 1.29 is 0 Å². The molecule has 0 aromatic rings. The predicted octanol–water partition coefficient (Wildman–Crippen LogP) is 18.6. The van der Waals surface area contributed by atoms with Gasteiger partial charge in [0.05, 0.1) is 0 Å². The van der Waals surface area contributed by atoms with Crippen LogP contribution in [-0.2, 0) is 0 Å². The molecule has 11 rings (SSSR count). The fourth-order valence-electron chi connectivity index (χ4n) is 20.6. The smallest absolute Gasteiger partial charge is 0.0164 e. The Morgan fingerprint density at radius 2 is 0.485 bits per heavy atom. The zero-order valence-electron chi connectivity index (χ0n) is 44.7. The topological polar surface area (TPSA) is 6.48 Å². The maximum absolute atomic E-state index is 3.59. The number of hydrogen-bond donors (Lipinski definition) is 0. The molecular formula is C66H110N2. The van der Waals surface area contributed by atoms with Crippen molar-refractivity contribution in [2.45, 2.75) is 319 Å². The summed E-state index contributed by atoms with van der Waals surface area (Å²) in [4.78, 5) is 7.18. The van der Waals surface area contributed by atoms with Gasteiger partial charge in [-0.15, -0.1) is 0 Å². The predicted molar refractivity (Wildman–Crippen MR) is 290 cm³/mol. The summed E-state index contributed by atoms with van der Waals surface area (Å²) in [6.45, 7) is 0. The van der Waals surface area contributed by atoms with Gasteiger partial charge in [-0.05, 0) is 199 Å². The summed E-state index contributed by atoms with van der Waals surface area (Å²) in [6.07, 6.45) is 78.1. The first-order valence-electron chi connectivity index (χ1n) is 32.6.